The van der Waals surface area contributed by atoms with Crippen LogP contribution in [0, 0.1) is 0 Å². The first-order valence-electron chi connectivity index (χ1n) is 6.92. The van der Waals surface area contributed by atoms with E-state index in [9.17, 15) is 5.21 Å². The lowest BCUT2D eigenvalue weighted by Gasteiger charge is -2.28. The monoisotopic (exact) mass is 266 g/mol. The number of hydrogen-bond acceptors (Lipinski definition) is 3. The summed E-state index contributed by atoms with van der Waals surface area (Å²) < 4.78 is 0. The Kier molecular flexibility index (Phi) is 3.79. The minimum absolute atomic E-state index is 0.675. The van der Waals surface area contributed by atoms with E-state index in [0.717, 1.165) is 30.8 Å². The van der Waals surface area contributed by atoms with Gasteiger partial charge in [-0.2, -0.15) is 0 Å². The van der Waals surface area contributed by atoms with Gasteiger partial charge in [-0.3, -0.25) is 4.90 Å². The summed E-state index contributed by atoms with van der Waals surface area (Å²) in [7, 11) is 0. The van der Waals surface area contributed by atoms with Gasteiger partial charge in [0.05, 0.1) is 0 Å². The predicted octanol–water partition coefficient (Wildman–Crippen LogP) is 2.92. The predicted molar refractivity (Wildman–Crippen MR) is 80.2 cm³/mol. The van der Waals surface area contributed by atoms with E-state index in [1.54, 1.807) is 0 Å². The molecule has 0 aromatic heterocycles. The Morgan fingerprint density at radius 3 is 2.45 bits per heavy atom. The quantitative estimate of drug-likeness (QED) is 0.527. The van der Waals surface area contributed by atoms with Gasteiger partial charge < -0.3 is 5.21 Å². The Hall–Kier alpha value is -2.13. The van der Waals surface area contributed by atoms with Crippen molar-refractivity contribution in [2.24, 2.45) is 5.16 Å². The SMILES string of the molecule is ON=C(CN1CCc2ccccc2C1)c1ccccc1. The highest BCUT2D eigenvalue weighted by molar-refractivity contribution is 6.01. The van der Waals surface area contributed by atoms with E-state index >= 15 is 0 Å². The van der Waals surface area contributed by atoms with Crippen LogP contribution in [0.25, 0.3) is 0 Å². The summed E-state index contributed by atoms with van der Waals surface area (Å²) in [5.74, 6) is 0. The van der Waals surface area contributed by atoms with Crippen molar-refractivity contribution in [3.05, 3.63) is 71.3 Å². The summed E-state index contributed by atoms with van der Waals surface area (Å²) >= 11 is 0. The van der Waals surface area contributed by atoms with Crippen LogP contribution in [0.15, 0.2) is 59.8 Å². The van der Waals surface area contributed by atoms with Gasteiger partial charge in [0.25, 0.3) is 0 Å². The lowest BCUT2D eigenvalue weighted by atomic mass is 9.99. The van der Waals surface area contributed by atoms with Crippen molar-refractivity contribution in [2.75, 3.05) is 13.1 Å². The molecule has 0 spiro atoms. The Balaban J connectivity index is 1.73. The van der Waals surface area contributed by atoms with Crippen molar-refractivity contribution < 1.29 is 5.21 Å². The van der Waals surface area contributed by atoms with E-state index in [2.05, 4.69) is 34.3 Å². The van der Waals surface area contributed by atoms with Gasteiger partial charge in [0.1, 0.15) is 5.71 Å². The topological polar surface area (TPSA) is 35.8 Å². The number of nitrogens with zero attached hydrogens (tertiary/aromatic N) is 2. The largest absolute Gasteiger partial charge is 0.411 e. The maximum Gasteiger partial charge on any atom is 0.101 e. The molecule has 0 unspecified atom stereocenters. The van der Waals surface area contributed by atoms with Crippen LogP contribution in [-0.2, 0) is 13.0 Å². The van der Waals surface area contributed by atoms with Gasteiger partial charge in [0, 0.05) is 25.2 Å². The molecule has 20 heavy (non-hydrogen) atoms. The highest BCUT2D eigenvalue weighted by Gasteiger charge is 2.17. The molecule has 0 saturated carbocycles. The first-order chi connectivity index (χ1) is 9.86. The van der Waals surface area contributed by atoms with Gasteiger partial charge >= 0.3 is 0 Å². The van der Waals surface area contributed by atoms with Crippen LogP contribution < -0.4 is 0 Å². The molecular formula is C17H18N2O. The molecule has 1 aliphatic heterocycles. The van der Waals surface area contributed by atoms with Gasteiger partial charge in [-0.1, -0.05) is 59.8 Å². The second-order valence-electron chi connectivity index (χ2n) is 5.14. The third-order valence-corrected chi connectivity index (χ3v) is 3.81. The van der Waals surface area contributed by atoms with Gasteiger partial charge in [-0.15, -0.1) is 0 Å². The summed E-state index contributed by atoms with van der Waals surface area (Å²) in [5.41, 5.74) is 4.52. The van der Waals surface area contributed by atoms with Crippen molar-refractivity contribution in [2.45, 2.75) is 13.0 Å². The summed E-state index contributed by atoms with van der Waals surface area (Å²) in [5, 5.41) is 12.8. The van der Waals surface area contributed by atoms with E-state index < -0.39 is 0 Å². The van der Waals surface area contributed by atoms with E-state index in [4.69, 9.17) is 0 Å². The number of benzene rings is 2. The average Bonchev–Trinajstić information content (AvgIpc) is 2.53. The summed E-state index contributed by atoms with van der Waals surface area (Å²) in [6.45, 7) is 2.60. The van der Waals surface area contributed by atoms with Crippen LogP contribution >= 0.6 is 0 Å². The molecular weight excluding hydrogens is 248 g/mol. The summed E-state index contributed by atoms with van der Waals surface area (Å²) in [6.07, 6.45) is 1.06. The maximum absolute atomic E-state index is 9.27. The van der Waals surface area contributed by atoms with Crippen LogP contribution in [0.1, 0.15) is 16.7 Å². The van der Waals surface area contributed by atoms with Gasteiger partial charge in [-0.25, -0.2) is 0 Å². The lowest BCUT2D eigenvalue weighted by molar-refractivity contribution is 0.278. The van der Waals surface area contributed by atoms with Crippen molar-refractivity contribution in [3.8, 4) is 0 Å². The third kappa shape index (κ3) is 2.73. The van der Waals surface area contributed by atoms with Crippen molar-refractivity contribution in [1.82, 2.24) is 4.90 Å². The fraction of sp³-hybridized carbons (Fsp3) is 0.235. The molecule has 102 valence electrons. The Morgan fingerprint density at radius 2 is 1.70 bits per heavy atom. The van der Waals surface area contributed by atoms with Gasteiger partial charge in [-0.05, 0) is 17.5 Å². The highest BCUT2D eigenvalue weighted by Crippen LogP contribution is 2.18. The fourth-order valence-electron chi connectivity index (χ4n) is 2.71. The fourth-order valence-corrected chi connectivity index (χ4v) is 2.71. The number of rotatable bonds is 3. The van der Waals surface area contributed by atoms with Gasteiger partial charge in [0.2, 0.25) is 0 Å². The number of oxime groups is 1. The molecule has 0 fully saturated rings. The standard InChI is InChI=1S/C17H18N2O/c20-18-17(15-7-2-1-3-8-15)13-19-11-10-14-6-4-5-9-16(14)12-19/h1-9,20H,10-13H2. The Bertz CT molecular complexity index is 607. The second-order valence-corrected chi connectivity index (χ2v) is 5.14. The van der Waals surface area contributed by atoms with E-state index in [0.29, 0.717) is 6.54 Å². The number of hydrogen-bond donors (Lipinski definition) is 1. The molecule has 0 amide bonds. The molecule has 0 bridgehead atoms. The molecule has 3 heteroatoms. The summed E-state index contributed by atoms with van der Waals surface area (Å²) in [6, 6.07) is 18.4. The molecule has 2 aromatic rings. The highest BCUT2D eigenvalue weighted by atomic mass is 16.4. The van der Waals surface area contributed by atoms with Gasteiger partial charge in [0.15, 0.2) is 0 Å². The molecule has 3 nitrogen and oxygen atoms in total. The smallest absolute Gasteiger partial charge is 0.101 e. The normalized spacial score (nSPS) is 15.9. The maximum atomic E-state index is 9.27. The molecule has 2 aromatic carbocycles. The van der Waals surface area contributed by atoms with Crippen molar-refractivity contribution in [3.63, 3.8) is 0 Å². The zero-order valence-electron chi connectivity index (χ0n) is 11.4. The minimum Gasteiger partial charge on any atom is -0.411 e. The molecule has 0 saturated heterocycles. The molecule has 1 aliphatic rings. The average molecular weight is 266 g/mol. The van der Waals surface area contributed by atoms with Crippen LogP contribution in [-0.4, -0.2) is 28.9 Å². The zero-order chi connectivity index (χ0) is 13.8. The van der Waals surface area contributed by atoms with Crippen LogP contribution in [0.3, 0.4) is 0 Å². The Labute approximate surface area is 119 Å². The molecule has 1 heterocycles. The minimum atomic E-state index is 0.675. The number of fused-ring (bicyclic) bond motifs is 1. The van der Waals surface area contributed by atoms with Crippen LogP contribution in [0.5, 0.6) is 0 Å². The molecule has 3 rings (SSSR count). The first kappa shape index (κ1) is 12.9. The second kappa shape index (κ2) is 5.88. The van der Waals surface area contributed by atoms with Crippen molar-refractivity contribution >= 4 is 5.71 Å². The summed E-state index contributed by atoms with van der Waals surface area (Å²) in [4.78, 5) is 2.32. The molecule has 0 aliphatic carbocycles. The first-order valence-corrected chi connectivity index (χ1v) is 6.92. The van der Waals surface area contributed by atoms with E-state index in [1.807, 2.05) is 30.3 Å². The third-order valence-electron chi connectivity index (χ3n) is 3.81. The molecule has 0 radical (unpaired) electrons. The molecule has 1 N–H and O–H groups in total. The van der Waals surface area contributed by atoms with Crippen LogP contribution in [0.4, 0.5) is 0 Å². The van der Waals surface area contributed by atoms with Crippen molar-refractivity contribution in [1.29, 1.82) is 0 Å². The van der Waals surface area contributed by atoms with E-state index in [1.165, 1.54) is 11.1 Å². The molecule has 0 atom stereocenters. The zero-order valence-corrected chi connectivity index (χ0v) is 11.4. The lowest BCUT2D eigenvalue weighted by Crippen LogP contribution is -2.35. The Morgan fingerprint density at radius 1 is 1.00 bits per heavy atom. The van der Waals surface area contributed by atoms with E-state index in [-0.39, 0.29) is 0 Å². The van der Waals surface area contributed by atoms with Crippen LogP contribution in [0.2, 0.25) is 0 Å².